The van der Waals surface area contributed by atoms with E-state index in [9.17, 15) is 0 Å². The van der Waals surface area contributed by atoms with Crippen molar-refractivity contribution in [3.8, 4) is 33.6 Å². The molecule has 4 heterocycles. The van der Waals surface area contributed by atoms with Crippen LogP contribution in [0.3, 0.4) is 0 Å². The number of nitrogens with zero attached hydrogens (tertiary/aromatic N) is 4. The maximum absolute atomic E-state index is 6.39. The van der Waals surface area contributed by atoms with Gasteiger partial charge >= 0.3 is 0 Å². The van der Waals surface area contributed by atoms with Crippen LogP contribution in [0.25, 0.3) is 66.0 Å². The van der Waals surface area contributed by atoms with E-state index in [1.165, 1.54) is 0 Å². The van der Waals surface area contributed by atoms with Crippen LogP contribution < -0.4 is 0 Å². The molecule has 1 aliphatic rings. The fraction of sp³-hybridized carbons (Fsp3) is 0.545. The third kappa shape index (κ3) is 35.3. The van der Waals surface area contributed by atoms with Crippen LogP contribution in [0.15, 0.2) is 146 Å². The van der Waals surface area contributed by atoms with E-state index < -0.39 is 0 Å². The summed E-state index contributed by atoms with van der Waals surface area (Å²) in [5.41, 5.74) is 14.7. The van der Waals surface area contributed by atoms with Gasteiger partial charge in [0.05, 0.1) is 318 Å². The first kappa shape index (κ1) is 102. The smallest absolute Gasteiger partial charge is 0.0724 e. The average molecular weight is 1770 g/mol. The van der Waals surface area contributed by atoms with Crippen LogP contribution in [0.5, 0.6) is 0 Å². The highest BCUT2D eigenvalue weighted by molar-refractivity contribution is 6.02. The van der Waals surface area contributed by atoms with Crippen molar-refractivity contribution in [1.82, 2.24) is 19.9 Å². The van der Waals surface area contributed by atoms with Crippen LogP contribution in [0.4, 0.5) is 0 Å². The summed E-state index contributed by atoms with van der Waals surface area (Å²) in [6.45, 7) is 19.6. The Morgan fingerprint density at radius 3 is 0.780 bits per heavy atom. The number of ether oxygens (including phenoxy) is 24. The minimum atomic E-state index is -0.161. The van der Waals surface area contributed by atoms with E-state index in [0.717, 1.165) is 136 Å². The van der Waals surface area contributed by atoms with Gasteiger partial charge in [-0.1, -0.05) is 109 Å². The number of hydrogen-bond donors (Lipinski definition) is 0. The molecule has 10 rings (SSSR count). The summed E-state index contributed by atoms with van der Waals surface area (Å²) in [5.74, 6) is 0. The molecule has 2 atom stereocenters. The average Bonchev–Trinajstić information content (AvgIpc) is 0.788. The van der Waals surface area contributed by atoms with Gasteiger partial charge in [-0.25, -0.2) is 0 Å². The fourth-order valence-electron chi connectivity index (χ4n) is 15.0. The van der Waals surface area contributed by atoms with E-state index in [0.29, 0.717) is 284 Å². The molecule has 9 aromatic rings. The monoisotopic (exact) mass is 1760 g/mol. The molecule has 28 nitrogen and oxygen atoms in total. The molecule has 696 valence electrons. The SMILES string of the molecule is COCCOCCOCCOCc1cccc2c(-c3ccc(CN4C(c5cccc(-c6ccc(COCCOCCOCCOC)c7c(COCCOCCOCCOC)cccc67)n5)CCCC4c4cccc(-c5ccc(COCCOCCOCCOC)c6c(COCCOCCOCCOC)cccc56)n4)nc3)ccc(COCCOCCOCCOC)c12. The third-order valence-electron chi connectivity index (χ3n) is 21.3. The summed E-state index contributed by atoms with van der Waals surface area (Å²) in [4.78, 5) is 19.5. The van der Waals surface area contributed by atoms with E-state index >= 15 is 0 Å². The summed E-state index contributed by atoms with van der Waals surface area (Å²) in [5, 5.41) is 6.31. The van der Waals surface area contributed by atoms with E-state index in [2.05, 4.69) is 144 Å². The normalized spacial score (nSPS) is 13.8. The number of piperidine rings is 1. The topological polar surface area (TPSA) is 263 Å². The van der Waals surface area contributed by atoms with Crippen molar-refractivity contribution >= 4 is 32.3 Å². The third-order valence-corrected chi connectivity index (χ3v) is 21.3. The van der Waals surface area contributed by atoms with Crippen LogP contribution >= 0.6 is 0 Å². The molecular formula is C99H136N4O24. The van der Waals surface area contributed by atoms with Gasteiger partial charge in [-0.3, -0.25) is 19.9 Å². The summed E-state index contributed by atoms with van der Waals surface area (Å²) >= 11 is 0. The van der Waals surface area contributed by atoms with Gasteiger partial charge < -0.3 is 114 Å². The first-order chi connectivity index (χ1) is 63.0. The quantitative estimate of drug-likeness (QED) is 0.0321. The van der Waals surface area contributed by atoms with Gasteiger partial charge in [-0.15, -0.1) is 0 Å². The standard InChI is InChI=1S/C99H136N4O24/c1-104-33-39-110-45-51-116-57-63-122-71-78-13-7-16-88-85(30-26-81(97(78)88)74-125-66-60-119-54-48-113-42-36-107-4)77-25-29-84(100-69-77)70-103-95(93-21-10-19-91(101-93)86-31-27-82(75-126-67-61-120-55-49-114-43-37-108-5)98-79(14-8-17-89(86)98)72-123-64-58-117-52-46-111-40-34-105-2)23-12-24-96(103)94-22-11-20-92(102-94)87-32-28-83(76-127-68-62-121-56-50-115-44-38-109-6)99-80(15-9-18-90(87)99)73-124-65-59-118-53-47-112-41-35-106-3/h7-11,13-22,25-32,69,95-96H,12,23-24,33-68,70-76H2,1-6H3. The van der Waals surface area contributed by atoms with Gasteiger partial charge in [0.15, 0.2) is 0 Å². The molecule has 127 heavy (non-hydrogen) atoms. The van der Waals surface area contributed by atoms with Crippen molar-refractivity contribution in [1.29, 1.82) is 0 Å². The number of pyridine rings is 3. The Bertz CT molecular complexity index is 4180. The second kappa shape index (κ2) is 62.8. The maximum Gasteiger partial charge on any atom is 0.0724 e. The predicted octanol–water partition coefficient (Wildman–Crippen LogP) is 14.0. The molecule has 0 spiro atoms. The van der Waals surface area contributed by atoms with Gasteiger partial charge in [-0.05, 0) is 121 Å². The Kier molecular flexibility index (Phi) is 50.3. The molecule has 1 aliphatic heterocycles. The number of methoxy groups -OCH3 is 6. The van der Waals surface area contributed by atoms with Crippen LogP contribution in [0.1, 0.15) is 81.8 Å². The van der Waals surface area contributed by atoms with Gasteiger partial charge in [0, 0.05) is 72.1 Å². The van der Waals surface area contributed by atoms with E-state index in [1.54, 1.807) is 42.7 Å². The number of hydrogen-bond acceptors (Lipinski definition) is 28. The van der Waals surface area contributed by atoms with Crippen molar-refractivity contribution in [3.05, 3.63) is 196 Å². The minimum Gasteiger partial charge on any atom is -0.382 e. The minimum absolute atomic E-state index is 0.161. The number of benzene rings is 6. The second-order valence-corrected chi connectivity index (χ2v) is 30.0. The lowest BCUT2D eigenvalue weighted by Crippen LogP contribution is -2.37. The Morgan fingerprint density at radius 1 is 0.252 bits per heavy atom. The Morgan fingerprint density at radius 2 is 0.504 bits per heavy atom. The van der Waals surface area contributed by atoms with Crippen LogP contribution in [0.2, 0.25) is 0 Å². The molecule has 0 radical (unpaired) electrons. The van der Waals surface area contributed by atoms with E-state index in [-0.39, 0.29) is 12.1 Å². The predicted molar refractivity (Wildman–Crippen MR) is 485 cm³/mol. The molecule has 28 heteroatoms. The van der Waals surface area contributed by atoms with Crippen molar-refractivity contribution in [2.75, 3.05) is 281 Å². The molecule has 2 unspecified atom stereocenters. The van der Waals surface area contributed by atoms with Crippen molar-refractivity contribution in [3.63, 3.8) is 0 Å². The summed E-state index contributed by atoms with van der Waals surface area (Å²) in [7, 11) is 9.95. The largest absolute Gasteiger partial charge is 0.382 e. The zero-order valence-corrected chi connectivity index (χ0v) is 75.6. The van der Waals surface area contributed by atoms with Crippen molar-refractivity contribution in [2.45, 2.75) is 77.5 Å². The van der Waals surface area contributed by atoms with Crippen LogP contribution in [-0.2, 0) is 160 Å². The number of aromatic nitrogens is 3. The van der Waals surface area contributed by atoms with Crippen LogP contribution in [0, 0.1) is 0 Å². The Labute approximate surface area is 750 Å². The highest BCUT2D eigenvalue weighted by atomic mass is 16.6. The fourth-order valence-corrected chi connectivity index (χ4v) is 15.0. The van der Waals surface area contributed by atoms with Gasteiger partial charge in [0.2, 0.25) is 0 Å². The van der Waals surface area contributed by atoms with E-state index in [1.807, 2.05) is 6.20 Å². The molecule has 1 saturated heterocycles. The first-order valence-corrected chi connectivity index (χ1v) is 44.6. The molecule has 0 bridgehead atoms. The molecule has 1 fully saturated rings. The number of rotatable bonds is 73. The van der Waals surface area contributed by atoms with Crippen molar-refractivity contribution in [2.24, 2.45) is 0 Å². The highest BCUT2D eigenvalue weighted by Crippen LogP contribution is 2.45. The lowest BCUT2D eigenvalue weighted by Gasteiger charge is -2.41. The summed E-state index contributed by atoms with van der Waals surface area (Å²) in [6, 6.07) is 49.2. The highest BCUT2D eigenvalue weighted by Gasteiger charge is 2.35. The van der Waals surface area contributed by atoms with Crippen LogP contribution in [-0.4, -0.2) is 300 Å². The lowest BCUT2D eigenvalue weighted by molar-refractivity contribution is 0.000525. The Hall–Kier alpha value is -7.45. The van der Waals surface area contributed by atoms with Gasteiger partial charge in [-0.2, -0.15) is 0 Å². The number of fused-ring (bicyclic) bond motifs is 3. The molecule has 0 aliphatic carbocycles. The summed E-state index contributed by atoms with van der Waals surface area (Å²) < 4.78 is 138. The molecule has 3 aromatic heterocycles. The molecule has 0 saturated carbocycles. The molecule has 6 aromatic carbocycles. The first-order valence-electron chi connectivity index (χ1n) is 44.6. The van der Waals surface area contributed by atoms with E-state index in [4.69, 9.17) is 129 Å². The van der Waals surface area contributed by atoms with Gasteiger partial charge in [0.1, 0.15) is 0 Å². The zero-order chi connectivity index (χ0) is 88.4. The molecular weight excluding hydrogens is 1630 g/mol. The zero-order valence-electron chi connectivity index (χ0n) is 75.6. The molecule has 0 amide bonds. The Balaban J connectivity index is 0.972. The maximum atomic E-state index is 6.39. The number of likely N-dealkylation sites (tertiary alicyclic amines) is 1. The van der Waals surface area contributed by atoms with Crippen molar-refractivity contribution < 1.29 is 114 Å². The summed E-state index contributed by atoms with van der Waals surface area (Å²) in [6.07, 6.45) is 4.60. The van der Waals surface area contributed by atoms with Gasteiger partial charge in [0.25, 0.3) is 0 Å². The molecule has 0 N–H and O–H groups in total. The second-order valence-electron chi connectivity index (χ2n) is 30.0. The lowest BCUT2D eigenvalue weighted by atomic mass is 9.89.